The van der Waals surface area contributed by atoms with E-state index in [1.165, 1.54) is 0 Å². The number of carbonyl (C=O) groups excluding carboxylic acids is 1. The number of amides is 1. The van der Waals surface area contributed by atoms with E-state index in [0.717, 1.165) is 5.56 Å². The van der Waals surface area contributed by atoms with Gasteiger partial charge in [-0.1, -0.05) is 11.6 Å². The maximum Gasteiger partial charge on any atom is 0.253 e. The zero-order valence-electron chi connectivity index (χ0n) is 10.8. The summed E-state index contributed by atoms with van der Waals surface area (Å²) in [6.07, 6.45) is 1.28. The van der Waals surface area contributed by atoms with Crippen LogP contribution in [-0.2, 0) is 9.84 Å². The summed E-state index contributed by atoms with van der Waals surface area (Å²) in [7, 11) is -3.02. The van der Waals surface area contributed by atoms with Gasteiger partial charge in [-0.05, 0) is 31.9 Å². The van der Waals surface area contributed by atoms with Crippen LogP contribution >= 0.6 is 0 Å². The summed E-state index contributed by atoms with van der Waals surface area (Å²) < 4.78 is 23.0. The Balaban J connectivity index is 2.11. The van der Waals surface area contributed by atoms with Crippen molar-refractivity contribution in [3.05, 3.63) is 29.3 Å². The predicted octanol–water partition coefficient (Wildman–Crippen LogP) is 0.884. The SMILES string of the molecule is Cc1ccc(N)c(C(=O)NC2CCCS(=O)(=O)C2)c1. The van der Waals surface area contributed by atoms with Gasteiger partial charge in [0.2, 0.25) is 0 Å². The smallest absolute Gasteiger partial charge is 0.253 e. The Bertz CT molecular complexity index is 596. The molecule has 0 bridgehead atoms. The lowest BCUT2D eigenvalue weighted by Crippen LogP contribution is -2.43. The number of carbonyl (C=O) groups is 1. The number of benzene rings is 1. The first kappa shape index (κ1) is 13.9. The van der Waals surface area contributed by atoms with Gasteiger partial charge in [0.1, 0.15) is 0 Å². The molecule has 6 heteroatoms. The zero-order chi connectivity index (χ0) is 14.0. The second kappa shape index (κ2) is 5.21. The fourth-order valence-electron chi connectivity index (χ4n) is 2.27. The van der Waals surface area contributed by atoms with E-state index in [0.29, 0.717) is 24.1 Å². The first-order valence-corrected chi connectivity index (χ1v) is 8.07. The highest BCUT2D eigenvalue weighted by atomic mass is 32.2. The van der Waals surface area contributed by atoms with E-state index in [-0.39, 0.29) is 23.5 Å². The van der Waals surface area contributed by atoms with Gasteiger partial charge in [-0.2, -0.15) is 0 Å². The van der Waals surface area contributed by atoms with Crippen molar-refractivity contribution in [1.82, 2.24) is 5.32 Å². The first-order valence-electron chi connectivity index (χ1n) is 6.25. The highest BCUT2D eigenvalue weighted by Crippen LogP contribution is 2.16. The largest absolute Gasteiger partial charge is 0.398 e. The van der Waals surface area contributed by atoms with Crippen LogP contribution in [0.25, 0.3) is 0 Å². The standard InChI is InChI=1S/C13H18N2O3S/c1-9-4-5-12(14)11(7-9)13(16)15-10-3-2-6-19(17,18)8-10/h4-5,7,10H,2-3,6,8,14H2,1H3,(H,15,16). The maximum absolute atomic E-state index is 12.1. The molecule has 1 aromatic carbocycles. The van der Waals surface area contributed by atoms with Crippen molar-refractivity contribution in [2.24, 2.45) is 0 Å². The van der Waals surface area contributed by atoms with Gasteiger partial charge in [-0.15, -0.1) is 0 Å². The Morgan fingerprint density at radius 3 is 2.84 bits per heavy atom. The lowest BCUT2D eigenvalue weighted by Gasteiger charge is -2.23. The average Bonchev–Trinajstić information content (AvgIpc) is 2.31. The average molecular weight is 282 g/mol. The van der Waals surface area contributed by atoms with E-state index < -0.39 is 9.84 Å². The lowest BCUT2D eigenvalue weighted by molar-refractivity contribution is 0.0939. The highest BCUT2D eigenvalue weighted by molar-refractivity contribution is 7.91. The van der Waals surface area contributed by atoms with Crippen LogP contribution in [0.3, 0.4) is 0 Å². The number of sulfone groups is 1. The van der Waals surface area contributed by atoms with Crippen LogP contribution in [0, 0.1) is 6.92 Å². The molecule has 1 aromatic rings. The number of rotatable bonds is 2. The second-order valence-electron chi connectivity index (χ2n) is 5.02. The Hall–Kier alpha value is -1.56. The molecule has 1 amide bonds. The third-order valence-electron chi connectivity index (χ3n) is 3.25. The number of nitrogen functional groups attached to an aromatic ring is 1. The summed E-state index contributed by atoms with van der Waals surface area (Å²) in [4.78, 5) is 12.1. The summed E-state index contributed by atoms with van der Waals surface area (Å²) in [5.74, 6) is -0.0699. The van der Waals surface area contributed by atoms with Gasteiger partial charge in [0.15, 0.2) is 9.84 Å². The molecule has 0 radical (unpaired) electrons. The Labute approximate surface area is 113 Å². The molecule has 0 aromatic heterocycles. The minimum Gasteiger partial charge on any atom is -0.398 e. The van der Waals surface area contributed by atoms with Crippen LogP contribution in [-0.4, -0.2) is 31.9 Å². The molecule has 0 aliphatic carbocycles. The number of aryl methyl sites for hydroxylation is 1. The number of nitrogens with one attached hydrogen (secondary N) is 1. The molecule has 1 aliphatic rings. The van der Waals surface area contributed by atoms with Gasteiger partial charge < -0.3 is 11.1 Å². The highest BCUT2D eigenvalue weighted by Gasteiger charge is 2.26. The number of hydrogen-bond donors (Lipinski definition) is 2. The molecule has 0 saturated carbocycles. The van der Waals surface area contributed by atoms with Crippen molar-refractivity contribution in [2.45, 2.75) is 25.8 Å². The van der Waals surface area contributed by atoms with Crippen LogP contribution in [0.15, 0.2) is 18.2 Å². The molecule has 2 rings (SSSR count). The molecule has 1 aliphatic heterocycles. The Morgan fingerprint density at radius 2 is 2.16 bits per heavy atom. The molecule has 1 heterocycles. The van der Waals surface area contributed by atoms with Gasteiger partial charge in [-0.3, -0.25) is 4.79 Å². The van der Waals surface area contributed by atoms with Crippen molar-refractivity contribution in [3.8, 4) is 0 Å². The topological polar surface area (TPSA) is 89.3 Å². The fraction of sp³-hybridized carbons (Fsp3) is 0.462. The van der Waals surface area contributed by atoms with Gasteiger partial charge >= 0.3 is 0 Å². The third kappa shape index (κ3) is 3.47. The van der Waals surface area contributed by atoms with Gasteiger partial charge in [0.25, 0.3) is 5.91 Å². The summed E-state index contributed by atoms with van der Waals surface area (Å²) in [5, 5.41) is 2.76. The molecular formula is C13H18N2O3S. The summed E-state index contributed by atoms with van der Waals surface area (Å²) in [6.45, 7) is 1.88. The fourth-order valence-corrected chi connectivity index (χ4v) is 3.90. The summed E-state index contributed by atoms with van der Waals surface area (Å²) in [5.41, 5.74) is 7.52. The molecule has 5 nitrogen and oxygen atoms in total. The molecule has 1 atom stereocenters. The Morgan fingerprint density at radius 1 is 1.42 bits per heavy atom. The van der Waals surface area contributed by atoms with Crippen LogP contribution < -0.4 is 11.1 Å². The van der Waals surface area contributed by atoms with E-state index in [1.807, 2.05) is 13.0 Å². The molecule has 104 valence electrons. The van der Waals surface area contributed by atoms with Crippen LogP contribution in [0.1, 0.15) is 28.8 Å². The van der Waals surface area contributed by atoms with Crippen molar-refractivity contribution < 1.29 is 13.2 Å². The molecule has 3 N–H and O–H groups in total. The maximum atomic E-state index is 12.1. The van der Waals surface area contributed by atoms with Crippen molar-refractivity contribution in [3.63, 3.8) is 0 Å². The van der Waals surface area contributed by atoms with Gasteiger partial charge in [0, 0.05) is 11.7 Å². The minimum absolute atomic E-state index is 0.0183. The van der Waals surface area contributed by atoms with Crippen molar-refractivity contribution in [2.75, 3.05) is 17.2 Å². The normalized spacial score (nSPS) is 21.8. The van der Waals surface area contributed by atoms with Crippen LogP contribution in [0.2, 0.25) is 0 Å². The third-order valence-corrected chi connectivity index (χ3v) is 5.07. The van der Waals surface area contributed by atoms with Crippen molar-refractivity contribution >= 4 is 21.4 Å². The minimum atomic E-state index is -3.02. The van der Waals surface area contributed by atoms with E-state index in [1.54, 1.807) is 12.1 Å². The van der Waals surface area contributed by atoms with Crippen LogP contribution in [0.4, 0.5) is 5.69 Å². The van der Waals surface area contributed by atoms with Crippen molar-refractivity contribution in [1.29, 1.82) is 0 Å². The molecule has 19 heavy (non-hydrogen) atoms. The quantitative estimate of drug-likeness (QED) is 0.788. The number of nitrogens with two attached hydrogens (primary N) is 1. The lowest BCUT2D eigenvalue weighted by atomic mass is 10.1. The molecule has 1 fully saturated rings. The number of hydrogen-bond acceptors (Lipinski definition) is 4. The van der Waals surface area contributed by atoms with E-state index in [4.69, 9.17) is 5.73 Å². The van der Waals surface area contributed by atoms with Gasteiger partial charge in [-0.25, -0.2) is 8.42 Å². The second-order valence-corrected chi connectivity index (χ2v) is 7.25. The molecule has 1 unspecified atom stereocenters. The molecular weight excluding hydrogens is 264 g/mol. The molecule has 0 spiro atoms. The van der Waals surface area contributed by atoms with Gasteiger partial charge in [0.05, 0.1) is 17.1 Å². The zero-order valence-corrected chi connectivity index (χ0v) is 11.7. The first-order chi connectivity index (χ1) is 8.87. The summed E-state index contributed by atoms with van der Waals surface area (Å²) in [6, 6.07) is 4.91. The van der Waals surface area contributed by atoms with E-state index in [2.05, 4.69) is 5.32 Å². The van der Waals surface area contributed by atoms with Crippen LogP contribution in [0.5, 0.6) is 0 Å². The monoisotopic (exact) mass is 282 g/mol. The molecule has 1 saturated heterocycles. The predicted molar refractivity (Wildman–Crippen MR) is 74.7 cm³/mol. The van der Waals surface area contributed by atoms with E-state index >= 15 is 0 Å². The van der Waals surface area contributed by atoms with E-state index in [9.17, 15) is 13.2 Å². The number of anilines is 1. The Kier molecular flexibility index (Phi) is 3.80. The summed E-state index contributed by atoms with van der Waals surface area (Å²) >= 11 is 0.